The molecule has 11 heteroatoms. The fraction of sp³-hybridized carbons (Fsp3) is 0.500. The third-order valence-corrected chi connectivity index (χ3v) is 7.44. The molecule has 4 rings (SSSR count). The average Bonchev–Trinajstić information content (AvgIpc) is 3.58. The molecule has 0 saturated carbocycles. The first-order chi connectivity index (χ1) is 19.5. The van der Waals surface area contributed by atoms with Crippen molar-refractivity contribution in [1.29, 1.82) is 0 Å². The van der Waals surface area contributed by atoms with Gasteiger partial charge in [0.2, 0.25) is 0 Å². The molecule has 1 aliphatic heterocycles. The van der Waals surface area contributed by atoms with Gasteiger partial charge in [-0.1, -0.05) is 51.1 Å². The van der Waals surface area contributed by atoms with Crippen molar-refractivity contribution in [3.63, 3.8) is 0 Å². The summed E-state index contributed by atoms with van der Waals surface area (Å²) in [7, 11) is 0. The summed E-state index contributed by atoms with van der Waals surface area (Å²) in [6.07, 6.45) is 1.63. The summed E-state index contributed by atoms with van der Waals surface area (Å²) in [5, 5.41) is 14.6. The van der Waals surface area contributed by atoms with Crippen LogP contribution in [0.5, 0.6) is 0 Å². The Hall–Kier alpha value is -3.44. The molecule has 0 spiro atoms. The molecule has 3 N–H and O–H groups in total. The largest absolute Gasteiger partial charge is 0.394 e. The van der Waals surface area contributed by atoms with Crippen LogP contribution in [-0.2, 0) is 6.54 Å². The molecule has 222 valence electrons. The lowest BCUT2D eigenvalue weighted by Gasteiger charge is -2.42. The summed E-state index contributed by atoms with van der Waals surface area (Å²) < 4.78 is 44.1. The van der Waals surface area contributed by atoms with Crippen molar-refractivity contribution in [2.45, 2.75) is 64.7 Å². The summed E-state index contributed by atoms with van der Waals surface area (Å²) in [5.74, 6) is -0.936. The Morgan fingerprint density at radius 2 is 1.93 bits per heavy atom. The van der Waals surface area contributed by atoms with Crippen LogP contribution in [0.25, 0.3) is 11.4 Å². The lowest BCUT2D eigenvalue weighted by molar-refractivity contribution is 0.0704. The van der Waals surface area contributed by atoms with Gasteiger partial charge in [-0.3, -0.25) is 0 Å². The summed E-state index contributed by atoms with van der Waals surface area (Å²) in [5.41, 5.74) is 6.12. The number of nitrogens with two attached hydrogens (primary N) is 1. The first-order valence-corrected chi connectivity index (χ1v) is 14.0. The lowest BCUT2D eigenvalue weighted by Crippen LogP contribution is -2.52. The van der Waals surface area contributed by atoms with Crippen LogP contribution < -0.4 is 5.73 Å². The Morgan fingerprint density at radius 3 is 2.59 bits per heavy atom. The van der Waals surface area contributed by atoms with Crippen LogP contribution >= 0.6 is 0 Å². The van der Waals surface area contributed by atoms with E-state index in [0.29, 0.717) is 18.8 Å². The summed E-state index contributed by atoms with van der Waals surface area (Å²) in [4.78, 5) is 22.2. The third-order valence-electron chi connectivity index (χ3n) is 7.44. The standard InChI is InChI=1S/C30H39F3N6O2/c1-30(2,3)26(38(15-13-22(34)17-31)29(41)37-14-7-10-23(37)19-40)28-35-27(24-16-21(32)11-12-25(24)33)36-39(28)18-20-8-5-4-6-9-20/h4-6,8-9,11-12,16,22-23,26,40H,7,10,13-15,17-19,34H2,1-3H3/t22-,23+,26+/m1/s1. The summed E-state index contributed by atoms with van der Waals surface area (Å²) >= 11 is 0. The van der Waals surface area contributed by atoms with Crippen molar-refractivity contribution >= 4 is 6.03 Å². The van der Waals surface area contributed by atoms with Gasteiger partial charge in [0.05, 0.1) is 30.8 Å². The van der Waals surface area contributed by atoms with Crippen LogP contribution in [0.15, 0.2) is 48.5 Å². The molecule has 1 aliphatic rings. The summed E-state index contributed by atoms with van der Waals surface area (Å²) in [6, 6.07) is 10.5. The zero-order chi connectivity index (χ0) is 29.7. The third kappa shape index (κ3) is 7.08. The molecule has 0 aliphatic carbocycles. The number of hydrogen-bond donors (Lipinski definition) is 2. The molecule has 41 heavy (non-hydrogen) atoms. The molecule has 0 radical (unpaired) electrons. The number of urea groups is 1. The fourth-order valence-electron chi connectivity index (χ4n) is 5.37. The topological polar surface area (TPSA) is 101 Å². The quantitative estimate of drug-likeness (QED) is 0.359. The van der Waals surface area contributed by atoms with Crippen molar-refractivity contribution in [3.8, 4) is 11.4 Å². The average molecular weight is 573 g/mol. The fourth-order valence-corrected chi connectivity index (χ4v) is 5.37. The maximum absolute atomic E-state index is 14.9. The second kappa shape index (κ2) is 13.0. The number of hydrogen-bond acceptors (Lipinski definition) is 5. The molecular weight excluding hydrogens is 533 g/mol. The van der Waals surface area contributed by atoms with Crippen LogP contribution in [0.3, 0.4) is 0 Å². The molecule has 1 fully saturated rings. The molecule has 3 atom stereocenters. The number of amides is 2. The Bertz CT molecular complexity index is 1310. The number of halogens is 3. The van der Waals surface area contributed by atoms with E-state index in [1.165, 1.54) is 0 Å². The van der Waals surface area contributed by atoms with Gasteiger partial charge in [-0.2, -0.15) is 5.10 Å². The Balaban J connectivity index is 1.87. The van der Waals surface area contributed by atoms with Gasteiger partial charge in [-0.15, -0.1) is 0 Å². The Morgan fingerprint density at radius 1 is 1.20 bits per heavy atom. The predicted octanol–water partition coefficient (Wildman–Crippen LogP) is 4.92. The van der Waals surface area contributed by atoms with E-state index in [0.717, 1.165) is 30.2 Å². The minimum absolute atomic E-state index is 0.00977. The van der Waals surface area contributed by atoms with E-state index in [1.807, 2.05) is 51.1 Å². The molecule has 8 nitrogen and oxygen atoms in total. The van der Waals surface area contributed by atoms with Gasteiger partial charge >= 0.3 is 6.03 Å². The van der Waals surface area contributed by atoms with Crippen molar-refractivity contribution in [1.82, 2.24) is 24.6 Å². The number of carbonyl (C=O) groups excluding carboxylic acids is 1. The van der Waals surface area contributed by atoms with Gasteiger partial charge in [-0.05, 0) is 48.4 Å². The van der Waals surface area contributed by atoms with Crippen molar-refractivity contribution in [2.75, 3.05) is 26.4 Å². The molecule has 1 aromatic heterocycles. The van der Waals surface area contributed by atoms with E-state index in [4.69, 9.17) is 10.7 Å². The first kappa shape index (κ1) is 30.5. The molecular formula is C30H39F3N6O2. The van der Waals surface area contributed by atoms with E-state index < -0.39 is 35.8 Å². The molecule has 3 aromatic rings. The lowest BCUT2D eigenvalue weighted by atomic mass is 9.84. The van der Waals surface area contributed by atoms with Gasteiger partial charge in [0.25, 0.3) is 0 Å². The maximum Gasteiger partial charge on any atom is 0.320 e. The Kier molecular flexibility index (Phi) is 9.70. The van der Waals surface area contributed by atoms with Gasteiger partial charge in [0.1, 0.15) is 18.3 Å². The SMILES string of the molecule is CC(C)(C)[C@H](c1nc(-c2cc(F)ccc2F)nn1Cc1ccccc1)N(CC[C@@H](N)CF)C(=O)N1CCC[C@H]1CO. The van der Waals surface area contributed by atoms with E-state index >= 15 is 0 Å². The minimum atomic E-state index is -0.766. The van der Waals surface area contributed by atoms with Crippen LogP contribution in [0, 0.1) is 17.0 Å². The van der Waals surface area contributed by atoms with Crippen LogP contribution in [0.1, 0.15) is 57.5 Å². The number of aliphatic hydroxyl groups is 1. The molecule has 2 amide bonds. The number of aliphatic hydroxyl groups excluding tert-OH is 1. The number of alkyl halides is 1. The molecule has 1 saturated heterocycles. The highest BCUT2D eigenvalue weighted by atomic mass is 19.1. The highest BCUT2D eigenvalue weighted by Crippen LogP contribution is 2.40. The van der Waals surface area contributed by atoms with Crippen LogP contribution in [0.4, 0.5) is 18.0 Å². The predicted molar refractivity (Wildman–Crippen MR) is 151 cm³/mol. The van der Waals surface area contributed by atoms with Crippen molar-refractivity contribution in [3.05, 3.63) is 71.6 Å². The highest BCUT2D eigenvalue weighted by Gasteiger charge is 2.42. The zero-order valence-electron chi connectivity index (χ0n) is 23.8. The highest BCUT2D eigenvalue weighted by molar-refractivity contribution is 5.76. The van der Waals surface area contributed by atoms with Gasteiger partial charge in [0, 0.05) is 19.1 Å². The Labute approximate surface area is 239 Å². The number of rotatable bonds is 10. The zero-order valence-corrected chi connectivity index (χ0v) is 23.8. The number of likely N-dealkylation sites (tertiary alicyclic amines) is 1. The number of benzene rings is 2. The second-order valence-corrected chi connectivity index (χ2v) is 11.7. The van der Waals surface area contributed by atoms with Gasteiger partial charge in [0.15, 0.2) is 11.6 Å². The molecule has 2 heterocycles. The van der Waals surface area contributed by atoms with E-state index in [1.54, 1.807) is 14.5 Å². The number of aromatic nitrogens is 3. The number of nitrogens with zero attached hydrogens (tertiary/aromatic N) is 5. The maximum atomic E-state index is 14.9. The van der Waals surface area contributed by atoms with E-state index in [2.05, 4.69) is 5.10 Å². The molecule has 2 aromatic carbocycles. The first-order valence-electron chi connectivity index (χ1n) is 14.0. The van der Waals surface area contributed by atoms with Crippen LogP contribution in [-0.4, -0.2) is 74.2 Å². The van der Waals surface area contributed by atoms with Crippen molar-refractivity contribution < 1.29 is 23.1 Å². The van der Waals surface area contributed by atoms with Crippen LogP contribution in [0.2, 0.25) is 0 Å². The van der Waals surface area contributed by atoms with Crippen molar-refractivity contribution in [2.24, 2.45) is 11.1 Å². The normalized spacial score (nSPS) is 17.1. The number of carbonyl (C=O) groups is 1. The molecule has 0 unspecified atom stereocenters. The van der Waals surface area contributed by atoms with E-state index in [-0.39, 0.29) is 49.6 Å². The van der Waals surface area contributed by atoms with Gasteiger partial charge in [-0.25, -0.2) is 27.6 Å². The monoisotopic (exact) mass is 572 g/mol. The van der Waals surface area contributed by atoms with E-state index in [9.17, 15) is 23.1 Å². The van der Waals surface area contributed by atoms with Gasteiger partial charge < -0.3 is 20.6 Å². The minimum Gasteiger partial charge on any atom is -0.394 e. The molecule has 0 bridgehead atoms. The second-order valence-electron chi connectivity index (χ2n) is 11.7. The summed E-state index contributed by atoms with van der Waals surface area (Å²) in [6.45, 7) is 5.81. The smallest absolute Gasteiger partial charge is 0.320 e.